The number of carbonyl (C=O) groups is 1. The number of aliphatic hydroxyl groups excluding tert-OH is 1. The Labute approximate surface area is 235 Å². The maximum atomic E-state index is 12.3. The lowest BCUT2D eigenvalue weighted by Crippen LogP contribution is -2.32. The fourth-order valence-corrected chi connectivity index (χ4v) is 5.46. The highest BCUT2D eigenvalue weighted by molar-refractivity contribution is 6.02. The molecule has 0 spiro atoms. The number of hydrogen-bond donors (Lipinski definition) is 3. The number of β-amino-alcohol motifs (C(OH)–C–C–N with tert-alkyl or cyclic N) is 1. The number of hydrogen-bond acceptors (Lipinski definition) is 9. The molecule has 1 fully saturated rings. The van der Waals surface area contributed by atoms with Gasteiger partial charge >= 0.3 is 0 Å². The molecule has 3 unspecified atom stereocenters. The zero-order valence-electron chi connectivity index (χ0n) is 23.2. The van der Waals surface area contributed by atoms with E-state index in [4.69, 9.17) is 9.72 Å². The summed E-state index contributed by atoms with van der Waals surface area (Å²) in [5, 5.41) is 16.1. The Hall–Kier alpha value is -4.15. The number of methoxy groups -OCH3 is 1. The SMILES string of the molecule is C=CC(=O)Nc1cc(Nc2nccc(C3=CN(C)C4C=CC=CC34)n2)c(OC)cc1N(C)CCN1CCC(O)C1. The summed E-state index contributed by atoms with van der Waals surface area (Å²) >= 11 is 0. The Morgan fingerprint density at radius 3 is 2.88 bits per heavy atom. The summed E-state index contributed by atoms with van der Waals surface area (Å²) in [6.07, 6.45) is 14.2. The number of carbonyl (C=O) groups excluding carboxylic acids is 1. The molecule has 3 atom stereocenters. The molecular formula is C30H37N7O3. The normalized spacial score (nSPS) is 21.6. The van der Waals surface area contributed by atoms with Crippen LogP contribution in [0, 0.1) is 5.92 Å². The van der Waals surface area contributed by atoms with E-state index in [1.165, 1.54) is 6.08 Å². The minimum absolute atomic E-state index is 0.228. The number of aliphatic hydroxyl groups is 1. The molecule has 40 heavy (non-hydrogen) atoms. The molecule has 2 aliphatic heterocycles. The van der Waals surface area contributed by atoms with Gasteiger partial charge in [-0.05, 0) is 24.6 Å². The first-order valence-corrected chi connectivity index (χ1v) is 13.5. The zero-order valence-corrected chi connectivity index (χ0v) is 23.2. The standard InChI is InChI=1S/C30H37N7O3/c1-5-29(39)32-24-16-25(28(40-4)17-27(24)35(2)14-15-37-13-11-20(38)18-37)34-30-31-12-10-23(33-30)22-19-36(3)26-9-7-6-8-21(22)26/h5-10,12,16-17,19-21,26,38H,1,11,13-15,18H2,2-4H3,(H,32,39)(H,31,33,34). The monoisotopic (exact) mass is 543 g/mol. The molecule has 10 nitrogen and oxygen atoms in total. The van der Waals surface area contributed by atoms with Crippen LogP contribution >= 0.6 is 0 Å². The molecule has 0 saturated carbocycles. The lowest BCUT2D eigenvalue weighted by atomic mass is 9.89. The lowest BCUT2D eigenvalue weighted by molar-refractivity contribution is -0.111. The van der Waals surface area contributed by atoms with Crippen molar-refractivity contribution in [2.24, 2.45) is 5.92 Å². The van der Waals surface area contributed by atoms with Crippen LogP contribution in [-0.2, 0) is 4.79 Å². The number of amides is 1. The van der Waals surface area contributed by atoms with Gasteiger partial charge in [-0.2, -0.15) is 0 Å². The highest BCUT2D eigenvalue weighted by Crippen LogP contribution is 2.39. The van der Waals surface area contributed by atoms with Crippen LogP contribution in [0.15, 0.2) is 67.6 Å². The maximum Gasteiger partial charge on any atom is 0.247 e. The van der Waals surface area contributed by atoms with Crippen molar-refractivity contribution in [3.05, 3.63) is 73.2 Å². The average Bonchev–Trinajstić information content (AvgIpc) is 3.54. The quantitative estimate of drug-likeness (QED) is 0.390. The van der Waals surface area contributed by atoms with Gasteiger partial charge in [-0.3, -0.25) is 9.69 Å². The molecule has 0 radical (unpaired) electrons. The molecular weight excluding hydrogens is 506 g/mol. The molecule has 3 heterocycles. The van der Waals surface area contributed by atoms with Crippen LogP contribution in [0.5, 0.6) is 5.75 Å². The Morgan fingerprint density at radius 1 is 1.30 bits per heavy atom. The second-order valence-electron chi connectivity index (χ2n) is 10.4. The molecule has 5 rings (SSSR count). The second-order valence-corrected chi connectivity index (χ2v) is 10.4. The summed E-state index contributed by atoms with van der Waals surface area (Å²) in [6, 6.07) is 5.92. The third kappa shape index (κ3) is 5.88. The van der Waals surface area contributed by atoms with Gasteiger partial charge in [0.2, 0.25) is 11.9 Å². The summed E-state index contributed by atoms with van der Waals surface area (Å²) in [5.41, 5.74) is 4.01. The minimum Gasteiger partial charge on any atom is -0.494 e. The summed E-state index contributed by atoms with van der Waals surface area (Å²) < 4.78 is 5.75. The Balaban J connectivity index is 1.40. The highest BCUT2D eigenvalue weighted by Gasteiger charge is 2.32. The van der Waals surface area contributed by atoms with Crippen molar-refractivity contribution >= 4 is 34.5 Å². The summed E-state index contributed by atoms with van der Waals surface area (Å²) in [6.45, 7) is 6.66. The Morgan fingerprint density at radius 2 is 2.12 bits per heavy atom. The van der Waals surface area contributed by atoms with E-state index in [1.54, 1.807) is 13.3 Å². The number of ether oxygens (including phenoxy) is 1. The van der Waals surface area contributed by atoms with Gasteiger partial charge in [-0.1, -0.05) is 30.9 Å². The number of nitrogens with one attached hydrogen (secondary N) is 2. The van der Waals surface area contributed by atoms with Gasteiger partial charge in [0.25, 0.3) is 0 Å². The number of allylic oxidation sites excluding steroid dienone is 2. The van der Waals surface area contributed by atoms with Crippen molar-refractivity contribution in [2.75, 3.05) is 62.9 Å². The number of rotatable bonds is 10. The first-order chi connectivity index (χ1) is 19.4. The molecule has 1 amide bonds. The lowest BCUT2D eigenvalue weighted by Gasteiger charge is -2.26. The molecule has 1 saturated heterocycles. The fraction of sp³-hybridized carbons (Fsp3) is 0.367. The van der Waals surface area contributed by atoms with Crippen molar-refractivity contribution in [1.82, 2.24) is 19.8 Å². The number of aromatic nitrogens is 2. The van der Waals surface area contributed by atoms with Crippen molar-refractivity contribution in [2.45, 2.75) is 18.6 Å². The first-order valence-electron chi connectivity index (χ1n) is 13.5. The second kappa shape index (κ2) is 11.9. The number of fused-ring (bicyclic) bond motifs is 1. The van der Waals surface area contributed by atoms with Gasteiger partial charge in [0.1, 0.15) is 5.75 Å². The molecule has 1 aliphatic carbocycles. The third-order valence-electron chi connectivity index (χ3n) is 7.65. The van der Waals surface area contributed by atoms with Crippen LogP contribution in [0.25, 0.3) is 5.57 Å². The van der Waals surface area contributed by atoms with Gasteiger partial charge in [-0.25, -0.2) is 9.97 Å². The predicted octanol–water partition coefficient (Wildman–Crippen LogP) is 3.25. The van der Waals surface area contributed by atoms with Crippen LogP contribution < -0.4 is 20.3 Å². The average molecular weight is 544 g/mol. The number of nitrogens with zero attached hydrogens (tertiary/aromatic N) is 5. The van der Waals surface area contributed by atoms with Gasteiger partial charge in [0.15, 0.2) is 0 Å². The largest absolute Gasteiger partial charge is 0.494 e. The van der Waals surface area contributed by atoms with Crippen LogP contribution in [0.2, 0.25) is 0 Å². The molecule has 1 aromatic carbocycles. The van der Waals surface area contributed by atoms with Crippen molar-refractivity contribution in [3.63, 3.8) is 0 Å². The van der Waals surface area contributed by atoms with Crippen LogP contribution in [-0.4, -0.2) is 90.3 Å². The molecule has 2 aromatic rings. The van der Waals surface area contributed by atoms with Crippen molar-refractivity contribution in [1.29, 1.82) is 0 Å². The topological polar surface area (TPSA) is 106 Å². The van der Waals surface area contributed by atoms with E-state index < -0.39 is 0 Å². The first kappa shape index (κ1) is 27.4. The number of anilines is 4. The molecule has 3 aliphatic rings. The van der Waals surface area contributed by atoms with E-state index in [0.717, 1.165) is 36.5 Å². The van der Waals surface area contributed by atoms with E-state index in [2.05, 4.69) is 74.4 Å². The summed E-state index contributed by atoms with van der Waals surface area (Å²) in [7, 11) is 5.65. The predicted molar refractivity (Wildman–Crippen MR) is 159 cm³/mol. The van der Waals surface area contributed by atoms with Gasteiger partial charge < -0.3 is 30.3 Å². The molecule has 3 N–H and O–H groups in total. The Kier molecular flexibility index (Phi) is 8.18. The van der Waals surface area contributed by atoms with E-state index in [1.807, 2.05) is 25.2 Å². The third-order valence-corrected chi connectivity index (χ3v) is 7.65. The van der Waals surface area contributed by atoms with Gasteiger partial charge in [0.05, 0.1) is 42.0 Å². The van der Waals surface area contributed by atoms with Crippen LogP contribution in [0.3, 0.4) is 0 Å². The van der Waals surface area contributed by atoms with Crippen LogP contribution in [0.4, 0.5) is 23.0 Å². The van der Waals surface area contributed by atoms with E-state index >= 15 is 0 Å². The molecule has 1 aromatic heterocycles. The van der Waals surface area contributed by atoms with E-state index in [9.17, 15) is 9.90 Å². The maximum absolute atomic E-state index is 12.3. The Bertz CT molecular complexity index is 1350. The number of benzene rings is 1. The molecule has 210 valence electrons. The van der Waals surface area contributed by atoms with E-state index in [0.29, 0.717) is 36.2 Å². The summed E-state index contributed by atoms with van der Waals surface area (Å²) in [4.78, 5) is 28.1. The van der Waals surface area contributed by atoms with Crippen molar-refractivity contribution in [3.8, 4) is 5.75 Å². The number of likely N-dealkylation sites (N-methyl/N-ethyl adjacent to an activating group) is 2. The van der Waals surface area contributed by atoms with Gasteiger partial charge in [0, 0.05) is 70.2 Å². The minimum atomic E-state index is -0.312. The van der Waals surface area contributed by atoms with Gasteiger partial charge in [-0.15, -0.1) is 0 Å². The van der Waals surface area contributed by atoms with Crippen molar-refractivity contribution < 1.29 is 14.6 Å². The fourth-order valence-electron chi connectivity index (χ4n) is 5.46. The smallest absolute Gasteiger partial charge is 0.247 e. The summed E-state index contributed by atoms with van der Waals surface area (Å²) in [5.74, 6) is 0.928. The van der Waals surface area contributed by atoms with E-state index in [-0.39, 0.29) is 24.0 Å². The molecule has 0 bridgehead atoms. The number of likely N-dealkylation sites (tertiary alicyclic amines) is 1. The zero-order chi connectivity index (χ0) is 28.2. The van der Waals surface area contributed by atoms with Crippen LogP contribution in [0.1, 0.15) is 12.1 Å². The molecule has 10 heteroatoms. The highest BCUT2D eigenvalue weighted by atomic mass is 16.5.